The number of aryl methyl sites for hydroxylation is 2. The third kappa shape index (κ3) is 3.61. The summed E-state index contributed by atoms with van der Waals surface area (Å²) in [6.07, 6.45) is 1.58. The van der Waals surface area contributed by atoms with E-state index in [0.29, 0.717) is 6.54 Å². The summed E-state index contributed by atoms with van der Waals surface area (Å²) in [4.78, 5) is 11.8. The van der Waals surface area contributed by atoms with Gasteiger partial charge < -0.3 is 15.1 Å². The zero-order valence-corrected chi connectivity index (χ0v) is 12.4. The first-order valence-corrected chi connectivity index (χ1v) is 6.69. The van der Waals surface area contributed by atoms with Crippen molar-refractivity contribution in [1.82, 2.24) is 5.32 Å². The molecule has 0 spiro atoms. The number of nitrogens with one attached hydrogen (secondary N) is 2. The molecule has 0 saturated carbocycles. The van der Waals surface area contributed by atoms with Gasteiger partial charge in [-0.3, -0.25) is 0 Å². The lowest BCUT2D eigenvalue weighted by molar-refractivity contribution is 0.251. The van der Waals surface area contributed by atoms with Crippen LogP contribution < -0.4 is 10.6 Å². The van der Waals surface area contributed by atoms with Crippen molar-refractivity contribution >= 4 is 27.6 Å². The van der Waals surface area contributed by atoms with Crippen LogP contribution in [-0.4, -0.2) is 6.03 Å². The Balaban J connectivity index is 1.99. The van der Waals surface area contributed by atoms with Crippen LogP contribution in [-0.2, 0) is 6.54 Å². The van der Waals surface area contributed by atoms with Crippen molar-refractivity contribution in [3.8, 4) is 0 Å². The van der Waals surface area contributed by atoms with Crippen molar-refractivity contribution in [2.24, 2.45) is 0 Å². The van der Waals surface area contributed by atoms with Crippen molar-refractivity contribution in [3.05, 3.63) is 51.9 Å². The molecule has 0 fully saturated rings. The second-order valence-corrected chi connectivity index (χ2v) is 5.22. The number of halogens is 1. The highest BCUT2D eigenvalue weighted by Gasteiger charge is 2.08. The molecular formula is C14H15BrN2O2. The van der Waals surface area contributed by atoms with E-state index in [2.05, 4.69) is 26.6 Å². The number of hydrogen-bond acceptors (Lipinski definition) is 2. The Morgan fingerprint density at radius 2 is 2.00 bits per heavy atom. The lowest BCUT2D eigenvalue weighted by Gasteiger charge is -2.12. The topological polar surface area (TPSA) is 54.3 Å². The number of carbonyl (C=O) groups is 1. The number of hydrogen-bond donors (Lipinski definition) is 2. The number of amides is 2. The van der Waals surface area contributed by atoms with Gasteiger partial charge in [0.25, 0.3) is 0 Å². The molecule has 2 aromatic rings. The average molecular weight is 323 g/mol. The third-order valence-electron chi connectivity index (χ3n) is 2.74. The van der Waals surface area contributed by atoms with Crippen molar-refractivity contribution in [3.63, 3.8) is 0 Å². The van der Waals surface area contributed by atoms with E-state index in [1.807, 2.05) is 32.0 Å². The van der Waals surface area contributed by atoms with Crippen molar-refractivity contribution in [2.45, 2.75) is 20.4 Å². The fourth-order valence-electron chi connectivity index (χ4n) is 1.85. The van der Waals surface area contributed by atoms with E-state index in [0.717, 1.165) is 27.0 Å². The van der Waals surface area contributed by atoms with Gasteiger partial charge >= 0.3 is 6.03 Å². The maximum atomic E-state index is 11.8. The minimum atomic E-state index is -0.245. The molecule has 1 aromatic carbocycles. The quantitative estimate of drug-likeness (QED) is 0.898. The molecule has 0 unspecified atom stereocenters. The number of anilines is 1. The number of carbonyl (C=O) groups excluding carboxylic acids is 1. The van der Waals surface area contributed by atoms with E-state index in [1.165, 1.54) is 0 Å². The van der Waals surface area contributed by atoms with Crippen LogP contribution in [0.5, 0.6) is 0 Å². The first kappa shape index (κ1) is 13.7. The summed E-state index contributed by atoms with van der Waals surface area (Å²) in [7, 11) is 0. The van der Waals surface area contributed by atoms with Gasteiger partial charge in [0.1, 0.15) is 5.76 Å². The summed E-state index contributed by atoms with van der Waals surface area (Å²) in [6.45, 7) is 4.28. The maximum absolute atomic E-state index is 11.8. The van der Waals surface area contributed by atoms with E-state index in [-0.39, 0.29) is 6.03 Å². The fraction of sp³-hybridized carbons (Fsp3) is 0.214. The molecule has 100 valence electrons. The van der Waals surface area contributed by atoms with Gasteiger partial charge in [-0.15, -0.1) is 0 Å². The summed E-state index contributed by atoms with van der Waals surface area (Å²) in [5, 5.41) is 5.60. The molecule has 0 saturated heterocycles. The van der Waals surface area contributed by atoms with Crippen molar-refractivity contribution < 1.29 is 9.21 Å². The van der Waals surface area contributed by atoms with Gasteiger partial charge in [-0.2, -0.15) is 0 Å². The molecule has 0 radical (unpaired) electrons. The van der Waals surface area contributed by atoms with Gasteiger partial charge in [-0.25, -0.2) is 4.79 Å². The molecule has 0 bridgehead atoms. The summed E-state index contributed by atoms with van der Waals surface area (Å²) in [5.74, 6) is 0.722. The van der Waals surface area contributed by atoms with E-state index in [1.54, 1.807) is 12.3 Å². The van der Waals surface area contributed by atoms with Crippen molar-refractivity contribution in [2.75, 3.05) is 5.32 Å². The molecule has 4 nitrogen and oxygen atoms in total. The summed E-state index contributed by atoms with van der Waals surface area (Å²) < 4.78 is 6.15. The number of rotatable bonds is 3. The maximum Gasteiger partial charge on any atom is 0.319 e. The zero-order valence-electron chi connectivity index (χ0n) is 10.8. The molecule has 1 aromatic heterocycles. The third-order valence-corrected chi connectivity index (χ3v) is 3.20. The molecule has 0 aliphatic carbocycles. The van der Waals surface area contributed by atoms with Crippen LogP contribution in [0.1, 0.15) is 16.9 Å². The standard InChI is InChI=1S/C14H15BrN2O2/c1-9-6-11(15)7-10(2)13(9)17-14(18)16-8-12-4-3-5-19-12/h3-7H,8H2,1-2H3,(H2,16,17,18). The highest BCUT2D eigenvalue weighted by atomic mass is 79.9. The van der Waals surface area contributed by atoms with Gasteiger partial charge in [-0.1, -0.05) is 15.9 Å². The van der Waals surface area contributed by atoms with Gasteiger partial charge in [0.2, 0.25) is 0 Å². The van der Waals surface area contributed by atoms with E-state index in [9.17, 15) is 4.79 Å². The second-order valence-electron chi connectivity index (χ2n) is 4.30. The van der Waals surface area contributed by atoms with Crippen LogP contribution in [0.25, 0.3) is 0 Å². The van der Waals surface area contributed by atoms with Crippen LogP contribution in [0.2, 0.25) is 0 Å². The number of benzene rings is 1. The van der Waals surface area contributed by atoms with Gasteiger partial charge in [0, 0.05) is 10.2 Å². The second kappa shape index (κ2) is 5.93. The molecule has 2 rings (SSSR count). The van der Waals surface area contributed by atoms with Crippen molar-refractivity contribution in [1.29, 1.82) is 0 Å². The fourth-order valence-corrected chi connectivity index (χ4v) is 2.53. The monoisotopic (exact) mass is 322 g/mol. The zero-order chi connectivity index (χ0) is 13.8. The lowest BCUT2D eigenvalue weighted by atomic mass is 10.1. The highest BCUT2D eigenvalue weighted by Crippen LogP contribution is 2.24. The Labute approximate surface area is 120 Å². The first-order chi connectivity index (χ1) is 9.06. The molecular weight excluding hydrogens is 308 g/mol. The van der Waals surface area contributed by atoms with E-state index >= 15 is 0 Å². The lowest BCUT2D eigenvalue weighted by Crippen LogP contribution is -2.28. The van der Waals surface area contributed by atoms with E-state index < -0.39 is 0 Å². The Morgan fingerprint density at radius 3 is 2.58 bits per heavy atom. The smallest absolute Gasteiger partial charge is 0.319 e. The molecule has 2 N–H and O–H groups in total. The average Bonchev–Trinajstić information content (AvgIpc) is 2.84. The Bertz CT molecular complexity index is 556. The molecule has 5 heteroatoms. The van der Waals surface area contributed by atoms with Crippen LogP contribution in [0.3, 0.4) is 0 Å². The van der Waals surface area contributed by atoms with Crippen LogP contribution in [0.15, 0.2) is 39.4 Å². The summed E-state index contributed by atoms with van der Waals surface area (Å²) in [6, 6.07) is 7.29. The molecule has 0 aliphatic rings. The predicted molar refractivity (Wildman–Crippen MR) is 78.2 cm³/mol. The number of furan rings is 1. The van der Waals surface area contributed by atoms with Crippen LogP contribution >= 0.6 is 15.9 Å². The largest absolute Gasteiger partial charge is 0.467 e. The minimum Gasteiger partial charge on any atom is -0.467 e. The SMILES string of the molecule is Cc1cc(Br)cc(C)c1NC(=O)NCc1ccco1. The molecule has 19 heavy (non-hydrogen) atoms. The number of urea groups is 1. The minimum absolute atomic E-state index is 0.245. The summed E-state index contributed by atoms with van der Waals surface area (Å²) >= 11 is 3.43. The molecule has 0 atom stereocenters. The first-order valence-electron chi connectivity index (χ1n) is 5.90. The molecule has 0 aliphatic heterocycles. The van der Waals surface area contributed by atoms with E-state index in [4.69, 9.17) is 4.42 Å². The predicted octanol–water partition coefficient (Wildman–Crippen LogP) is 3.98. The van der Waals surface area contributed by atoms with Gasteiger partial charge in [0.05, 0.1) is 12.8 Å². The highest BCUT2D eigenvalue weighted by molar-refractivity contribution is 9.10. The van der Waals surface area contributed by atoms with Gasteiger partial charge in [-0.05, 0) is 49.2 Å². The van der Waals surface area contributed by atoms with Crippen LogP contribution in [0.4, 0.5) is 10.5 Å². The molecule has 1 heterocycles. The molecule has 2 amide bonds. The Kier molecular flexibility index (Phi) is 4.27. The Morgan fingerprint density at radius 1 is 1.32 bits per heavy atom. The normalized spacial score (nSPS) is 10.3. The van der Waals surface area contributed by atoms with Crippen LogP contribution in [0, 0.1) is 13.8 Å². The summed E-state index contributed by atoms with van der Waals surface area (Å²) in [5.41, 5.74) is 2.86. The van der Waals surface area contributed by atoms with Gasteiger partial charge in [0.15, 0.2) is 0 Å². The Hall–Kier alpha value is -1.75.